The zero-order valence-corrected chi connectivity index (χ0v) is 42.1. The molecular weight excluding hydrogens is 951 g/mol. The Hall–Kier alpha value is -5.83. The Labute approximate surface area is 431 Å². The van der Waals surface area contributed by atoms with Gasteiger partial charge in [0.1, 0.15) is 23.7 Å². The summed E-state index contributed by atoms with van der Waals surface area (Å²) in [5.74, 6) is 0.0324. The minimum Gasteiger partial charge on any atom is -0.489 e. The molecule has 11 heteroatoms. The van der Waals surface area contributed by atoms with Crippen molar-refractivity contribution < 1.29 is 29.3 Å². The molecule has 2 fully saturated rings. The molecule has 0 saturated carbocycles. The van der Waals surface area contributed by atoms with Crippen molar-refractivity contribution in [3.63, 3.8) is 0 Å². The van der Waals surface area contributed by atoms with Crippen LogP contribution in [-0.2, 0) is 12.8 Å². The molecule has 0 bridgehead atoms. The van der Waals surface area contributed by atoms with E-state index >= 15 is 0 Å². The van der Waals surface area contributed by atoms with Gasteiger partial charge in [0.15, 0.2) is 0 Å². The molecule has 2 saturated heterocycles. The second-order valence-corrected chi connectivity index (χ2v) is 20.8. The van der Waals surface area contributed by atoms with Crippen LogP contribution in [0.4, 0.5) is 0 Å². The summed E-state index contributed by atoms with van der Waals surface area (Å²) < 4.78 is 13.2. The maximum absolute atomic E-state index is 11.9. The van der Waals surface area contributed by atoms with E-state index < -0.39 is 11.9 Å². The summed E-state index contributed by atoms with van der Waals surface area (Å²) in [6.07, 6.45) is 12.3. The van der Waals surface area contributed by atoms with Gasteiger partial charge >= 0.3 is 11.9 Å². The Morgan fingerprint density at radius 2 is 1.14 bits per heavy atom. The smallest absolute Gasteiger partial charge is 0.335 e. The first-order valence-electron chi connectivity index (χ1n) is 24.9. The molecule has 0 radical (unpaired) electrons. The highest BCUT2D eigenvalue weighted by molar-refractivity contribution is 6.36. The van der Waals surface area contributed by atoms with Gasteiger partial charge in [0.25, 0.3) is 0 Å². The van der Waals surface area contributed by atoms with Gasteiger partial charge in [-0.3, -0.25) is 9.80 Å². The lowest BCUT2D eigenvalue weighted by Crippen LogP contribution is -2.30. The van der Waals surface area contributed by atoms with Crippen LogP contribution in [0.3, 0.4) is 0 Å². The molecule has 0 amide bonds. The SMILES string of the molecule is CC1C=C=C(C2=C(c3ccc(O[C@H]4CCN(CCCN5CCC(Oc6ccc(C7=C(c8ccc(Cl)cc8Cl)CCCc8cc(C(=O)O)ccc87)cc6)C5)C4)cc3)c3ccc(C(=O)O)cc3CCC2)C(Cl)=C1. The van der Waals surface area contributed by atoms with E-state index in [1.807, 2.05) is 36.4 Å². The third kappa shape index (κ3) is 11.0. The van der Waals surface area contributed by atoms with Crippen molar-refractivity contribution in [3.05, 3.63) is 197 Å². The first-order valence-corrected chi connectivity index (χ1v) is 26.1. The van der Waals surface area contributed by atoms with Gasteiger partial charge in [-0.15, -0.1) is 5.73 Å². The number of hydrogen-bond donors (Lipinski definition) is 2. The Morgan fingerprint density at radius 3 is 1.65 bits per heavy atom. The monoisotopic (exact) mass is 1010 g/mol. The lowest BCUT2D eigenvalue weighted by atomic mass is 9.86. The van der Waals surface area contributed by atoms with E-state index in [4.69, 9.17) is 44.3 Å². The predicted molar refractivity (Wildman–Crippen MR) is 284 cm³/mol. The molecule has 71 heavy (non-hydrogen) atoms. The van der Waals surface area contributed by atoms with Crippen molar-refractivity contribution in [2.45, 2.75) is 76.9 Å². The van der Waals surface area contributed by atoms with Crippen LogP contribution in [-0.4, -0.2) is 83.4 Å². The molecule has 3 aliphatic carbocycles. The molecule has 2 heterocycles. The number of nitrogens with zero attached hydrogens (tertiary/aromatic N) is 2. The number of allylic oxidation sites excluding steroid dienone is 5. The molecule has 3 atom stereocenters. The number of hydrogen-bond acceptors (Lipinski definition) is 6. The highest BCUT2D eigenvalue weighted by Gasteiger charge is 2.29. The molecule has 0 aromatic heterocycles. The van der Waals surface area contributed by atoms with E-state index in [0.717, 1.165) is 175 Å². The van der Waals surface area contributed by atoms with Gasteiger partial charge in [0.2, 0.25) is 0 Å². The van der Waals surface area contributed by atoms with E-state index in [1.165, 1.54) is 0 Å². The summed E-state index contributed by atoms with van der Waals surface area (Å²) in [6.45, 7) is 7.91. The number of benzene rings is 5. The number of carboxylic acid groups (broad SMARTS) is 2. The van der Waals surface area contributed by atoms with Crippen LogP contribution in [0.25, 0.3) is 16.7 Å². The Kier molecular flexibility index (Phi) is 14.8. The predicted octanol–water partition coefficient (Wildman–Crippen LogP) is 13.7. The number of carbonyl (C=O) groups is 2. The summed E-state index contributed by atoms with van der Waals surface area (Å²) >= 11 is 20.0. The van der Waals surface area contributed by atoms with Gasteiger partial charge in [0, 0.05) is 47.7 Å². The number of ether oxygens (including phenoxy) is 2. The number of halogens is 3. The van der Waals surface area contributed by atoms with Crippen LogP contribution in [0.5, 0.6) is 11.5 Å². The lowest BCUT2D eigenvalue weighted by Gasteiger charge is -2.21. The fourth-order valence-corrected chi connectivity index (χ4v) is 12.0. The summed E-state index contributed by atoms with van der Waals surface area (Å²) in [4.78, 5) is 28.8. The molecular formula is C60H57Cl3N2O6. The molecule has 2 unspecified atom stereocenters. The Balaban J connectivity index is 0.741. The molecule has 5 aromatic carbocycles. The van der Waals surface area contributed by atoms with Crippen molar-refractivity contribution in [1.82, 2.24) is 9.80 Å². The molecule has 8 nitrogen and oxygen atoms in total. The molecule has 2 N–H and O–H groups in total. The Morgan fingerprint density at radius 1 is 0.634 bits per heavy atom. The number of aromatic carboxylic acids is 2. The first kappa shape index (κ1) is 48.8. The summed E-state index contributed by atoms with van der Waals surface area (Å²) in [6, 6.07) is 33.2. The van der Waals surface area contributed by atoms with Crippen molar-refractivity contribution >= 4 is 63.5 Å². The molecule has 0 spiro atoms. The number of likely N-dealkylation sites (tertiary alicyclic amines) is 2. The minimum atomic E-state index is -0.931. The van der Waals surface area contributed by atoms with Gasteiger partial charge < -0.3 is 19.7 Å². The second kappa shape index (κ2) is 21.5. The van der Waals surface area contributed by atoms with Crippen molar-refractivity contribution in [1.29, 1.82) is 0 Å². The molecule has 5 aromatic rings. The molecule has 5 aliphatic rings. The Bertz CT molecular complexity index is 3040. The standard InChI is InChI=1S/C60H57Cl3N2O6/c1-37-9-21-51(55(62)31-37)53-7-2-5-40-32-42(59(66)67)14-22-49(40)57(53)38-10-17-45(18-11-38)70-47-25-29-64(35-47)27-4-28-65-30-26-48(36-65)71-46-19-12-39(13-20-46)58-50-23-15-43(60(68)69)33-41(50)6-3-8-54(58)52-24-16-44(61)34-56(52)63/h9-20,22-24,31-34,37,47-48H,2-8,25-30,35-36H2,1H3,(H,66,67)(H,68,69)/t37?,47-,48?/m0/s1. The van der Waals surface area contributed by atoms with E-state index in [-0.39, 0.29) is 23.7 Å². The van der Waals surface area contributed by atoms with E-state index in [2.05, 4.69) is 83.1 Å². The van der Waals surface area contributed by atoms with Crippen LogP contribution >= 0.6 is 34.8 Å². The molecule has 364 valence electrons. The molecule has 10 rings (SSSR count). The quantitative estimate of drug-likeness (QED) is 0.106. The van der Waals surface area contributed by atoms with E-state index in [9.17, 15) is 19.8 Å². The van der Waals surface area contributed by atoms with Crippen LogP contribution in [0, 0.1) is 5.92 Å². The fraction of sp³-hybridized carbons (Fsp3) is 0.317. The van der Waals surface area contributed by atoms with E-state index in [1.54, 1.807) is 18.2 Å². The maximum atomic E-state index is 11.9. The number of rotatable bonds is 14. The van der Waals surface area contributed by atoms with Gasteiger partial charge in [-0.2, -0.15) is 0 Å². The maximum Gasteiger partial charge on any atom is 0.335 e. The van der Waals surface area contributed by atoms with Crippen LogP contribution in [0.15, 0.2) is 137 Å². The van der Waals surface area contributed by atoms with Crippen LogP contribution in [0.1, 0.15) is 112 Å². The van der Waals surface area contributed by atoms with Crippen molar-refractivity contribution in [3.8, 4) is 11.5 Å². The third-order valence-corrected chi connectivity index (χ3v) is 15.5. The average molecular weight is 1010 g/mol. The van der Waals surface area contributed by atoms with Crippen molar-refractivity contribution in [2.24, 2.45) is 5.92 Å². The minimum absolute atomic E-state index is 0.108. The zero-order valence-electron chi connectivity index (χ0n) is 39.9. The van der Waals surface area contributed by atoms with Crippen LogP contribution < -0.4 is 9.47 Å². The first-order chi connectivity index (χ1) is 34.4. The number of carboxylic acids is 2. The normalized spacial score (nSPS) is 20.5. The molecule has 2 aliphatic heterocycles. The number of fused-ring (bicyclic) bond motifs is 2. The highest BCUT2D eigenvalue weighted by Crippen LogP contribution is 2.44. The zero-order chi connectivity index (χ0) is 49.2. The average Bonchev–Trinajstić information content (AvgIpc) is 3.90. The lowest BCUT2D eigenvalue weighted by molar-refractivity contribution is 0.0686. The highest BCUT2D eigenvalue weighted by atomic mass is 35.5. The van der Waals surface area contributed by atoms with Gasteiger partial charge in [-0.25, -0.2) is 9.59 Å². The number of aryl methyl sites for hydroxylation is 2. The van der Waals surface area contributed by atoms with Gasteiger partial charge in [0.05, 0.1) is 16.2 Å². The van der Waals surface area contributed by atoms with Crippen molar-refractivity contribution in [2.75, 3.05) is 39.3 Å². The summed E-state index contributed by atoms with van der Waals surface area (Å²) in [5.41, 5.74) is 16.5. The third-order valence-electron chi connectivity index (χ3n) is 14.6. The topological polar surface area (TPSA) is 99.5 Å². The summed E-state index contributed by atoms with van der Waals surface area (Å²) in [7, 11) is 0. The fourth-order valence-electron chi connectivity index (χ4n) is 11.1. The second-order valence-electron chi connectivity index (χ2n) is 19.5. The van der Waals surface area contributed by atoms with Crippen LogP contribution in [0.2, 0.25) is 10.0 Å². The largest absolute Gasteiger partial charge is 0.489 e. The summed E-state index contributed by atoms with van der Waals surface area (Å²) in [5, 5.41) is 21.4. The van der Waals surface area contributed by atoms with Gasteiger partial charge in [-0.05, 0) is 199 Å². The van der Waals surface area contributed by atoms with E-state index in [0.29, 0.717) is 20.6 Å². The van der Waals surface area contributed by atoms with Gasteiger partial charge in [-0.1, -0.05) is 90.3 Å².